The van der Waals surface area contributed by atoms with Crippen LogP contribution in [0, 0.1) is 11.8 Å². The van der Waals surface area contributed by atoms with E-state index in [1.54, 1.807) is 12.4 Å². The van der Waals surface area contributed by atoms with Gasteiger partial charge in [0, 0.05) is 25.0 Å². The van der Waals surface area contributed by atoms with Gasteiger partial charge >= 0.3 is 0 Å². The van der Waals surface area contributed by atoms with Gasteiger partial charge < -0.3 is 10.4 Å². The lowest BCUT2D eigenvalue weighted by molar-refractivity contribution is 0.165. The maximum atomic E-state index is 10.2. The number of nitrogens with zero attached hydrogens (tertiary/aromatic N) is 1. The van der Waals surface area contributed by atoms with E-state index in [-0.39, 0.29) is 0 Å². The summed E-state index contributed by atoms with van der Waals surface area (Å²) in [6.07, 6.45) is 9.60. The smallest absolute Gasteiger partial charge is 0.0915 e. The Balaban J connectivity index is 1.77. The van der Waals surface area contributed by atoms with Gasteiger partial charge in [-0.15, -0.1) is 0 Å². The molecule has 2 rings (SSSR count). The standard InChI is InChI=1S/C17H28N2O/c1-13(2)6-7-14-4-3-5-16(14)19-12-17(20)15-8-10-18-11-9-15/h8-11,13-14,16-17,19-20H,3-7,12H2,1-2H3. The van der Waals surface area contributed by atoms with Crippen molar-refractivity contribution in [1.29, 1.82) is 0 Å². The van der Waals surface area contributed by atoms with Crippen LogP contribution in [-0.4, -0.2) is 22.7 Å². The number of aromatic nitrogens is 1. The van der Waals surface area contributed by atoms with E-state index in [2.05, 4.69) is 24.1 Å². The zero-order chi connectivity index (χ0) is 14.4. The van der Waals surface area contributed by atoms with Gasteiger partial charge in [-0.3, -0.25) is 4.98 Å². The molecule has 0 aliphatic heterocycles. The molecule has 3 heteroatoms. The van der Waals surface area contributed by atoms with E-state index in [1.165, 1.54) is 32.1 Å². The average Bonchev–Trinajstić information content (AvgIpc) is 2.91. The summed E-state index contributed by atoms with van der Waals surface area (Å²) in [5.74, 6) is 1.58. The number of hydrogen-bond donors (Lipinski definition) is 2. The quantitative estimate of drug-likeness (QED) is 0.803. The molecule has 1 saturated carbocycles. The van der Waals surface area contributed by atoms with Crippen LogP contribution < -0.4 is 5.32 Å². The van der Waals surface area contributed by atoms with Crippen molar-refractivity contribution in [3.05, 3.63) is 30.1 Å². The third-order valence-corrected chi connectivity index (χ3v) is 4.44. The largest absolute Gasteiger partial charge is 0.387 e. The number of aliphatic hydroxyl groups excluding tert-OH is 1. The number of rotatable bonds is 7. The molecule has 0 aromatic carbocycles. The zero-order valence-corrected chi connectivity index (χ0v) is 12.8. The van der Waals surface area contributed by atoms with Gasteiger partial charge in [-0.05, 0) is 48.8 Å². The highest BCUT2D eigenvalue weighted by atomic mass is 16.3. The van der Waals surface area contributed by atoms with Crippen molar-refractivity contribution in [2.24, 2.45) is 11.8 Å². The number of hydrogen-bond acceptors (Lipinski definition) is 3. The van der Waals surface area contributed by atoms with Gasteiger partial charge in [0.25, 0.3) is 0 Å². The van der Waals surface area contributed by atoms with Crippen molar-refractivity contribution >= 4 is 0 Å². The maximum absolute atomic E-state index is 10.2. The van der Waals surface area contributed by atoms with Crippen LogP contribution in [0.2, 0.25) is 0 Å². The normalized spacial score (nSPS) is 24.2. The first-order valence-corrected chi connectivity index (χ1v) is 7.98. The fourth-order valence-electron chi connectivity index (χ4n) is 3.16. The van der Waals surface area contributed by atoms with E-state index in [1.807, 2.05) is 12.1 Å². The molecule has 3 unspecified atom stereocenters. The summed E-state index contributed by atoms with van der Waals surface area (Å²) < 4.78 is 0. The Morgan fingerprint density at radius 3 is 2.75 bits per heavy atom. The van der Waals surface area contributed by atoms with Crippen LogP contribution in [0.25, 0.3) is 0 Å². The minimum absolute atomic E-state index is 0.427. The molecule has 2 N–H and O–H groups in total. The summed E-state index contributed by atoms with van der Waals surface area (Å²) in [5.41, 5.74) is 0.948. The first kappa shape index (κ1) is 15.5. The van der Waals surface area contributed by atoms with E-state index in [4.69, 9.17) is 0 Å². The average molecular weight is 276 g/mol. The Kier molecular flexibility index (Phi) is 5.99. The second-order valence-corrected chi connectivity index (χ2v) is 6.47. The number of pyridine rings is 1. The summed E-state index contributed by atoms with van der Waals surface area (Å²) in [6, 6.07) is 4.36. The molecular formula is C17H28N2O. The Morgan fingerprint density at radius 2 is 2.05 bits per heavy atom. The molecule has 112 valence electrons. The Labute approximate surface area is 122 Å². The van der Waals surface area contributed by atoms with Crippen molar-refractivity contribution < 1.29 is 5.11 Å². The number of nitrogens with one attached hydrogen (secondary N) is 1. The molecular weight excluding hydrogens is 248 g/mol. The molecule has 0 saturated heterocycles. The second-order valence-electron chi connectivity index (χ2n) is 6.47. The van der Waals surface area contributed by atoms with E-state index >= 15 is 0 Å². The van der Waals surface area contributed by atoms with Gasteiger partial charge in [-0.1, -0.05) is 26.7 Å². The summed E-state index contributed by atoms with van der Waals surface area (Å²) >= 11 is 0. The van der Waals surface area contributed by atoms with Crippen LogP contribution in [0.4, 0.5) is 0 Å². The molecule has 1 aromatic rings. The van der Waals surface area contributed by atoms with Crippen LogP contribution >= 0.6 is 0 Å². The summed E-state index contributed by atoms with van der Waals surface area (Å²) in [4.78, 5) is 3.99. The van der Waals surface area contributed by atoms with E-state index in [9.17, 15) is 5.11 Å². The molecule has 0 spiro atoms. The molecule has 1 aromatic heterocycles. The van der Waals surface area contributed by atoms with Gasteiger partial charge in [-0.2, -0.15) is 0 Å². The third kappa shape index (κ3) is 4.57. The van der Waals surface area contributed by atoms with Crippen LogP contribution in [0.5, 0.6) is 0 Å². The highest BCUT2D eigenvalue weighted by molar-refractivity contribution is 5.13. The van der Waals surface area contributed by atoms with Crippen LogP contribution in [0.15, 0.2) is 24.5 Å². The molecule has 3 nitrogen and oxygen atoms in total. The SMILES string of the molecule is CC(C)CCC1CCCC1NCC(O)c1ccncc1. The fourth-order valence-corrected chi connectivity index (χ4v) is 3.16. The van der Waals surface area contributed by atoms with Gasteiger partial charge in [0.05, 0.1) is 6.10 Å². The van der Waals surface area contributed by atoms with Crippen molar-refractivity contribution in [1.82, 2.24) is 10.3 Å². The molecule has 0 amide bonds. The topological polar surface area (TPSA) is 45.1 Å². The predicted octanol–water partition coefficient (Wildman–Crippen LogP) is 3.31. The highest BCUT2D eigenvalue weighted by Gasteiger charge is 2.27. The first-order chi connectivity index (χ1) is 9.66. The summed E-state index contributed by atoms with van der Waals surface area (Å²) in [7, 11) is 0. The molecule has 3 atom stereocenters. The highest BCUT2D eigenvalue weighted by Crippen LogP contribution is 2.30. The van der Waals surface area contributed by atoms with Gasteiger partial charge in [0.2, 0.25) is 0 Å². The lowest BCUT2D eigenvalue weighted by Crippen LogP contribution is -2.35. The van der Waals surface area contributed by atoms with Crippen molar-refractivity contribution in [3.63, 3.8) is 0 Å². The summed E-state index contributed by atoms with van der Waals surface area (Å²) in [5, 5.41) is 13.8. The van der Waals surface area contributed by atoms with Gasteiger partial charge in [0.15, 0.2) is 0 Å². The monoisotopic (exact) mass is 276 g/mol. The van der Waals surface area contributed by atoms with E-state index in [0.717, 1.165) is 17.4 Å². The third-order valence-electron chi connectivity index (χ3n) is 4.44. The Morgan fingerprint density at radius 1 is 1.30 bits per heavy atom. The van der Waals surface area contributed by atoms with Gasteiger partial charge in [-0.25, -0.2) is 0 Å². The lowest BCUT2D eigenvalue weighted by atomic mass is 9.93. The molecule has 1 aliphatic carbocycles. The van der Waals surface area contributed by atoms with Crippen molar-refractivity contribution in [2.45, 2.75) is 58.1 Å². The van der Waals surface area contributed by atoms with E-state index in [0.29, 0.717) is 12.6 Å². The fraction of sp³-hybridized carbons (Fsp3) is 0.706. The van der Waals surface area contributed by atoms with E-state index < -0.39 is 6.10 Å². The molecule has 1 fully saturated rings. The minimum atomic E-state index is -0.427. The summed E-state index contributed by atoms with van der Waals surface area (Å²) in [6.45, 7) is 5.24. The molecule has 20 heavy (non-hydrogen) atoms. The molecule has 0 bridgehead atoms. The Bertz CT molecular complexity index is 380. The lowest BCUT2D eigenvalue weighted by Gasteiger charge is -2.23. The molecule has 1 heterocycles. The van der Waals surface area contributed by atoms with Crippen molar-refractivity contribution in [2.75, 3.05) is 6.54 Å². The van der Waals surface area contributed by atoms with Crippen molar-refractivity contribution in [3.8, 4) is 0 Å². The molecule has 1 aliphatic rings. The minimum Gasteiger partial charge on any atom is -0.387 e. The predicted molar refractivity (Wildman–Crippen MR) is 82.4 cm³/mol. The Hall–Kier alpha value is -0.930. The van der Waals surface area contributed by atoms with Crippen LogP contribution in [0.3, 0.4) is 0 Å². The first-order valence-electron chi connectivity index (χ1n) is 7.98. The molecule has 0 radical (unpaired) electrons. The van der Waals surface area contributed by atoms with Crippen LogP contribution in [0.1, 0.15) is 57.6 Å². The van der Waals surface area contributed by atoms with Crippen LogP contribution in [-0.2, 0) is 0 Å². The number of aliphatic hydroxyl groups is 1. The zero-order valence-electron chi connectivity index (χ0n) is 12.8. The maximum Gasteiger partial charge on any atom is 0.0915 e. The van der Waals surface area contributed by atoms with Gasteiger partial charge in [0.1, 0.15) is 0 Å². The second kappa shape index (κ2) is 7.75.